The molecule has 2 atom stereocenters. The summed E-state index contributed by atoms with van der Waals surface area (Å²) < 4.78 is 0. The van der Waals surface area contributed by atoms with Crippen molar-refractivity contribution in [3.05, 3.63) is 64.8 Å². The normalized spacial score (nSPS) is 26.1. The smallest absolute Gasteiger partial charge is 0.274 e. The van der Waals surface area contributed by atoms with Crippen molar-refractivity contribution < 1.29 is 4.79 Å². The molecule has 1 aromatic heterocycles. The van der Waals surface area contributed by atoms with Gasteiger partial charge in [-0.1, -0.05) is 29.8 Å². The molecule has 0 aliphatic carbocycles. The second kappa shape index (κ2) is 7.37. The van der Waals surface area contributed by atoms with Crippen LogP contribution in [0.15, 0.2) is 48.5 Å². The maximum atomic E-state index is 13.6. The maximum Gasteiger partial charge on any atom is 0.274 e. The van der Waals surface area contributed by atoms with E-state index in [2.05, 4.69) is 33.4 Å². The van der Waals surface area contributed by atoms with Gasteiger partial charge in [-0.25, -0.2) is 0 Å². The molecule has 0 radical (unpaired) electrons. The lowest BCUT2D eigenvalue weighted by atomic mass is 9.81. The van der Waals surface area contributed by atoms with Gasteiger partial charge >= 0.3 is 0 Å². The van der Waals surface area contributed by atoms with Gasteiger partial charge in [0, 0.05) is 52.7 Å². The number of benzene rings is 2. The lowest BCUT2D eigenvalue weighted by Gasteiger charge is -2.33. The summed E-state index contributed by atoms with van der Waals surface area (Å²) in [5.74, 6) is 0.0365. The number of amides is 1. The number of carbonyl (C=O) groups excluding carboxylic acids is 1. The van der Waals surface area contributed by atoms with E-state index in [-0.39, 0.29) is 11.3 Å². The molecule has 0 saturated carbocycles. The Morgan fingerprint density at radius 1 is 1.13 bits per heavy atom. The van der Waals surface area contributed by atoms with E-state index in [1.165, 1.54) is 18.4 Å². The van der Waals surface area contributed by atoms with Crippen LogP contribution in [0.3, 0.4) is 0 Å². The number of nitrogens with zero attached hydrogens (tertiary/aromatic N) is 2. The fourth-order valence-electron chi connectivity index (χ4n) is 5.89. The Bertz CT molecular complexity index is 1150. The Kier molecular flexibility index (Phi) is 4.60. The van der Waals surface area contributed by atoms with Crippen molar-refractivity contribution >= 4 is 34.1 Å². The number of anilines is 1. The van der Waals surface area contributed by atoms with Crippen LogP contribution in [-0.4, -0.2) is 54.6 Å². The van der Waals surface area contributed by atoms with Gasteiger partial charge in [0.1, 0.15) is 5.69 Å². The second-order valence-corrected chi connectivity index (χ2v) is 9.76. The van der Waals surface area contributed by atoms with E-state index >= 15 is 0 Å². The predicted octanol–water partition coefficient (Wildman–Crippen LogP) is 4.18. The average Bonchev–Trinajstić information content (AvgIpc) is 3.50. The number of para-hydroxylation sites is 1. The van der Waals surface area contributed by atoms with E-state index in [9.17, 15) is 4.79 Å². The largest absolute Gasteiger partial charge is 0.351 e. The first-order valence-corrected chi connectivity index (χ1v) is 11.7. The van der Waals surface area contributed by atoms with Crippen LogP contribution in [0.4, 0.5) is 5.69 Å². The Morgan fingerprint density at radius 3 is 2.90 bits per heavy atom. The molecule has 2 aromatic carbocycles. The molecular weight excluding hydrogens is 408 g/mol. The number of carbonyl (C=O) groups is 1. The lowest BCUT2D eigenvalue weighted by molar-refractivity contribution is 0.0980. The van der Waals surface area contributed by atoms with Gasteiger partial charge in [-0.15, -0.1) is 0 Å². The molecule has 160 valence electrons. The number of hydrogen-bond donors (Lipinski definition) is 2. The van der Waals surface area contributed by atoms with Crippen LogP contribution < -0.4 is 10.2 Å². The Labute approximate surface area is 187 Å². The summed E-state index contributed by atoms with van der Waals surface area (Å²) >= 11 is 6.14. The van der Waals surface area contributed by atoms with E-state index in [1.54, 1.807) is 0 Å². The van der Waals surface area contributed by atoms with Gasteiger partial charge in [-0.05, 0) is 68.2 Å². The van der Waals surface area contributed by atoms with Gasteiger partial charge in [0.15, 0.2) is 0 Å². The molecule has 4 heterocycles. The number of halogens is 1. The number of aromatic amines is 1. The van der Waals surface area contributed by atoms with Crippen molar-refractivity contribution in [1.82, 2.24) is 15.2 Å². The molecule has 3 aliphatic rings. The number of aromatic nitrogens is 1. The Morgan fingerprint density at radius 2 is 2.03 bits per heavy atom. The van der Waals surface area contributed by atoms with Crippen LogP contribution in [0.2, 0.25) is 5.02 Å². The molecule has 0 bridgehead atoms. The summed E-state index contributed by atoms with van der Waals surface area (Å²) in [6.07, 6.45) is 3.62. The summed E-state index contributed by atoms with van der Waals surface area (Å²) in [5.41, 5.74) is 3.97. The monoisotopic (exact) mass is 434 g/mol. The van der Waals surface area contributed by atoms with Crippen molar-refractivity contribution in [2.45, 2.75) is 30.7 Å². The number of nitrogens with one attached hydrogen (secondary N) is 2. The third kappa shape index (κ3) is 3.18. The summed E-state index contributed by atoms with van der Waals surface area (Å²) in [5, 5.41) is 5.20. The topological polar surface area (TPSA) is 51.4 Å². The van der Waals surface area contributed by atoms with E-state index < -0.39 is 0 Å². The van der Waals surface area contributed by atoms with Gasteiger partial charge in [0.05, 0.1) is 0 Å². The quantitative estimate of drug-likeness (QED) is 0.636. The van der Waals surface area contributed by atoms with Gasteiger partial charge in [-0.2, -0.15) is 0 Å². The highest BCUT2D eigenvalue weighted by Gasteiger charge is 2.49. The fourth-order valence-corrected chi connectivity index (χ4v) is 6.07. The summed E-state index contributed by atoms with van der Waals surface area (Å²) in [6.45, 7) is 5.10. The predicted molar refractivity (Wildman–Crippen MR) is 125 cm³/mol. The van der Waals surface area contributed by atoms with Crippen LogP contribution in [0.1, 0.15) is 35.3 Å². The van der Waals surface area contributed by atoms with Crippen molar-refractivity contribution in [3.63, 3.8) is 0 Å². The van der Waals surface area contributed by atoms with Gasteiger partial charge < -0.3 is 15.2 Å². The first-order valence-electron chi connectivity index (χ1n) is 11.3. The highest BCUT2D eigenvalue weighted by molar-refractivity contribution is 6.31. The zero-order valence-electron chi connectivity index (χ0n) is 17.5. The van der Waals surface area contributed by atoms with E-state index in [0.717, 1.165) is 55.7 Å². The SMILES string of the molecule is O=C(c1cc2cc(Cl)ccc2[nH]1)N1C[C@]2(CCN(C3CCCNC3)C2)c2ccccc21. The molecule has 6 heteroatoms. The van der Waals surface area contributed by atoms with Crippen LogP contribution in [0, 0.1) is 0 Å². The molecule has 3 aliphatic heterocycles. The molecule has 2 N–H and O–H groups in total. The maximum absolute atomic E-state index is 13.6. The zero-order valence-corrected chi connectivity index (χ0v) is 18.3. The molecule has 1 amide bonds. The third-order valence-electron chi connectivity index (χ3n) is 7.46. The van der Waals surface area contributed by atoms with Gasteiger partial charge in [0.25, 0.3) is 5.91 Å². The minimum atomic E-state index is 0.0268. The number of fused-ring (bicyclic) bond motifs is 3. The third-order valence-corrected chi connectivity index (χ3v) is 7.69. The van der Waals surface area contributed by atoms with Crippen LogP contribution in [0.5, 0.6) is 0 Å². The zero-order chi connectivity index (χ0) is 21.0. The summed E-state index contributed by atoms with van der Waals surface area (Å²) in [6, 6.07) is 16.7. The number of piperidine rings is 1. The minimum absolute atomic E-state index is 0.0268. The number of H-pyrrole nitrogens is 1. The average molecular weight is 435 g/mol. The molecular formula is C25H27ClN4O. The van der Waals surface area contributed by atoms with Crippen LogP contribution in [-0.2, 0) is 5.41 Å². The van der Waals surface area contributed by atoms with Crippen molar-refractivity contribution in [2.24, 2.45) is 0 Å². The van der Waals surface area contributed by atoms with Gasteiger partial charge in [-0.3, -0.25) is 9.69 Å². The number of likely N-dealkylation sites (tertiary alicyclic amines) is 1. The summed E-state index contributed by atoms with van der Waals surface area (Å²) in [4.78, 5) is 21.6. The molecule has 3 aromatic rings. The Balaban J connectivity index is 1.32. The van der Waals surface area contributed by atoms with E-state index in [1.807, 2.05) is 35.2 Å². The van der Waals surface area contributed by atoms with Crippen molar-refractivity contribution in [3.8, 4) is 0 Å². The minimum Gasteiger partial charge on any atom is -0.351 e. The first kappa shape index (κ1) is 19.4. The van der Waals surface area contributed by atoms with E-state index in [0.29, 0.717) is 16.8 Å². The van der Waals surface area contributed by atoms with Crippen LogP contribution in [0.25, 0.3) is 10.9 Å². The highest BCUT2D eigenvalue weighted by atomic mass is 35.5. The van der Waals surface area contributed by atoms with E-state index in [4.69, 9.17) is 11.6 Å². The fraction of sp³-hybridized carbons (Fsp3) is 0.400. The highest BCUT2D eigenvalue weighted by Crippen LogP contribution is 2.47. The first-order chi connectivity index (χ1) is 15.1. The van der Waals surface area contributed by atoms with Gasteiger partial charge in [0.2, 0.25) is 0 Å². The molecule has 5 nitrogen and oxygen atoms in total. The van der Waals surface area contributed by atoms with Crippen molar-refractivity contribution in [1.29, 1.82) is 0 Å². The summed E-state index contributed by atoms with van der Waals surface area (Å²) in [7, 11) is 0. The molecule has 1 spiro atoms. The molecule has 2 fully saturated rings. The standard InChI is InChI=1S/C25H27ClN4O/c26-18-7-8-21-17(12-18)13-22(28-21)24(31)30-16-25(20-5-1-2-6-23(20)30)9-11-29(15-25)19-4-3-10-27-14-19/h1-2,5-8,12-13,19,27-28H,3-4,9-11,14-16H2/t19?,25-/m1/s1. The van der Waals surface area contributed by atoms with Crippen LogP contribution >= 0.6 is 11.6 Å². The van der Waals surface area contributed by atoms with Crippen molar-refractivity contribution in [2.75, 3.05) is 37.6 Å². The Hall–Kier alpha value is -2.34. The number of hydrogen-bond acceptors (Lipinski definition) is 3. The molecule has 1 unspecified atom stereocenters. The molecule has 2 saturated heterocycles. The molecule has 31 heavy (non-hydrogen) atoms. The molecule has 6 rings (SSSR count). The second-order valence-electron chi connectivity index (χ2n) is 9.32. The number of rotatable bonds is 2. The lowest BCUT2D eigenvalue weighted by Crippen LogP contribution is -2.47.